The van der Waals surface area contributed by atoms with Crippen molar-refractivity contribution < 1.29 is 14.2 Å². The van der Waals surface area contributed by atoms with Crippen LogP contribution in [0.4, 0.5) is 0 Å². The van der Waals surface area contributed by atoms with Crippen molar-refractivity contribution >= 4 is 18.3 Å². The maximum atomic E-state index is 7.84. The van der Waals surface area contributed by atoms with Crippen molar-refractivity contribution in [2.24, 2.45) is 0 Å². The highest BCUT2D eigenvalue weighted by Gasteiger charge is 2.13. The van der Waals surface area contributed by atoms with Gasteiger partial charge >= 0.3 is 0 Å². The number of hydrogen-bond donors (Lipinski definition) is 1. The molecule has 108 valence electrons. The molecule has 0 fully saturated rings. The summed E-state index contributed by atoms with van der Waals surface area (Å²) in [4.78, 5) is 0. The minimum Gasteiger partial charge on any atom is -0.494 e. The second kappa shape index (κ2) is 8.64. The van der Waals surface area contributed by atoms with Gasteiger partial charge in [-0.1, -0.05) is 0 Å². The molecule has 1 N–H and O–H groups in total. The van der Waals surface area contributed by atoms with E-state index in [2.05, 4.69) is 0 Å². The first-order valence-electron chi connectivity index (χ1n) is 6.23. The van der Waals surface area contributed by atoms with Crippen LogP contribution in [0.25, 0.3) is 0 Å². The van der Waals surface area contributed by atoms with Crippen LogP contribution in [0.3, 0.4) is 0 Å². The van der Waals surface area contributed by atoms with E-state index in [0.29, 0.717) is 24.5 Å². The van der Waals surface area contributed by atoms with Crippen molar-refractivity contribution in [1.29, 1.82) is 5.41 Å². The van der Waals surface area contributed by atoms with Crippen LogP contribution in [0.1, 0.15) is 33.3 Å². The summed E-state index contributed by atoms with van der Waals surface area (Å²) in [5, 5.41) is 7.84. The molecule has 0 heterocycles. The summed E-state index contributed by atoms with van der Waals surface area (Å²) in [6, 6.07) is 5.41. The van der Waals surface area contributed by atoms with Gasteiger partial charge in [-0.2, -0.15) is 0 Å². The third-order valence-electron chi connectivity index (χ3n) is 2.16. The molecule has 0 amide bonds. The highest BCUT2D eigenvalue weighted by Crippen LogP contribution is 2.26. The van der Waals surface area contributed by atoms with Crippen molar-refractivity contribution in [1.82, 2.24) is 0 Å². The molecule has 0 aliphatic carbocycles. The van der Waals surface area contributed by atoms with E-state index >= 15 is 0 Å². The number of halogens is 1. The molecule has 0 atom stereocenters. The van der Waals surface area contributed by atoms with Gasteiger partial charge in [-0.25, -0.2) is 0 Å². The molecule has 0 aliphatic rings. The van der Waals surface area contributed by atoms with Gasteiger partial charge in [0.1, 0.15) is 11.5 Å². The van der Waals surface area contributed by atoms with Gasteiger partial charge in [-0.3, -0.25) is 5.41 Å². The van der Waals surface area contributed by atoms with Crippen molar-refractivity contribution in [3.05, 3.63) is 23.8 Å². The lowest BCUT2D eigenvalue weighted by molar-refractivity contribution is 0.238. The summed E-state index contributed by atoms with van der Waals surface area (Å²) in [5.41, 5.74) is 0.647. The Kier molecular flexibility index (Phi) is 8.00. The average molecular weight is 288 g/mol. The highest BCUT2D eigenvalue weighted by molar-refractivity contribution is 5.94. The molecule has 0 radical (unpaired) electrons. The van der Waals surface area contributed by atoms with Gasteiger partial charge in [0.05, 0.1) is 24.9 Å². The van der Waals surface area contributed by atoms with Crippen LogP contribution in [-0.4, -0.2) is 25.2 Å². The lowest BCUT2D eigenvalue weighted by atomic mass is 10.2. The van der Waals surface area contributed by atoms with Gasteiger partial charge in [-0.15, -0.1) is 12.4 Å². The highest BCUT2D eigenvalue weighted by atomic mass is 35.5. The number of nitrogens with one attached hydrogen (secondary N) is 1. The minimum absolute atomic E-state index is 0. The second-order valence-corrected chi connectivity index (χ2v) is 4.02. The van der Waals surface area contributed by atoms with Crippen molar-refractivity contribution in [2.45, 2.75) is 33.8 Å². The third kappa shape index (κ3) is 5.39. The van der Waals surface area contributed by atoms with E-state index in [1.54, 1.807) is 12.1 Å². The number of benzene rings is 1. The summed E-state index contributed by atoms with van der Waals surface area (Å²) in [5.74, 6) is 1.48. The Morgan fingerprint density at radius 3 is 2.42 bits per heavy atom. The first kappa shape index (κ1) is 17.6. The van der Waals surface area contributed by atoms with E-state index in [4.69, 9.17) is 19.6 Å². The van der Waals surface area contributed by atoms with Crippen LogP contribution >= 0.6 is 12.4 Å². The zero-order chi connectivity index (χ0) is 13.5. The Morgan fingerprint density at radius 1 is 1.21 bits per heavy atom. The fraction of sp³-hybridized carbons (Fsp3) is 0.500. The number of ether oxygens (including phenoxy) is 3. The van der Waals surface area contributed by atoms with Crippen molar-refractivity contribution in [3.8, 4) is 11.5 Å². The standard InChI is InChI=1S/C14H21NO3.ClH/c1-5-16-11-7-8-12(14(15)17-6-2)13(9-11)18-10(3)4;/h7-10,15H,5-6H2,1-4H3;1H. The summed E-state index contributed by atoms with van der Waals surface area (Å²) >= 11 is 0. The summed E-state index contributed by atoms with van der Waals surface area (Å²) in [7, 11) is 0. The zero-order valence-corrected chi connectivity index (χ0v) is 12.7. The lowest BCUT2D eigenvalue weighted by Crippen LogP contribution is -2.12. The topological polar surface area (TPSA) is 51.5 Å². The van der Waals surface area contributed by atoms with Crippen LogP contribution in [0.5, 0.6) is 11.5 Å². The molecule has 0 saturated carbocycles. The van der Waals surface area contributed by atoms with Crippen LogP contribution in [0.15, 0.2) is 18.2 Å². The van der Waals surface area contributed by atoms with E-state index in [1.807, 2.05) is 33.8 Å². The fourth-order valence-electron chi connectivity index (χ4n) is 1.52. The normalized spacial score (nSPS) is 9.74. The minimum atomic E-state index is 0. The van der Waals surface area contributed by atoms with Gasteiger partial charge < -0.3 is 14.2 Å². The van der Waals surface area contributed by atoms with Crippen LogP contribution in [-0.2, 0) is 4.74 Å². The SMILES string of the molecule is CCOC(=N)c1ccc(OCC)cc1OC(C)C.Cl. The largest absolute Gasteiger partial charge is 0.494 e. The second-order valence-electron chi connectivity index (χ2n) is 4.02. The maximum Gasteiger partial charge on any atom is 0.217 e. The molecule has 1 aromatic rings. The molecular weight excluding hydrogens is 266 g/mol. The van der Waals surface area contributed by atoms with Gasteiger partial charge in [0.2, 0.25) is 5.90 Å². The first-order valence-corrected chi connectivity index (χ1v) is 6.23. The molecule has 5 heteroatoms. The van der Waals surface area contributed by atoms with Crippen LogP contribution in [0.2, 0.25) is 0 Å². The molecule has 0 spiro atoms. The Morgan fingerprint density at radius 2 is 1.89 bits per heavy atom. The summed E-state index contributed by atoms with van der Waals surface area (Å²) in [6.07, 6.45) is 0.0371. The van der Waals surface area contributed by atoms with Gasteiger partial charge in [0.15, 0.2) is 0 Å². The zero-order valence-electron chi connectivity index (χ0n) is 11.9. The molecule has 4 nitrogen and oxygen atoms in total. The maximum absolute atomic E-state index is 7.84. The summed E-state index contributed by atoms with van der Waals surface area (Å²) < 4.78 is 16.3. The molecule has 1 rings (SSSR count). The smallest absolute Gasteiger partial charge is 0.217 e. The molecule has 0 aromatic heterocycles. The third-order valence-corrected chi connectivity index (χ3v) is 2.16. The van der Waals surface area contributed by atoms with Crippen molar-refractivity contribution in [2.75, 3.05) is 13.2 Å². The Labute approximate surface area is 121 Å². The monoisotopic (exact) mass is 287 g/mol. The van der Waals surface area contributed by atoms with E-state index in [0.717, 1.165) is 5.75 Å². The Balaban J connectivity index is 0.00000324. The van der Waals surface area contributed by atoms with Crippen LogP contribution in [0, 0.1) is 5.41 Å². The van der Waals surface area contributed by atoms with E-state index in [-0.39, 0.29) is 24.4 Å². The van der Waals surface area contributed by atoms with E-state index in [1.165, 1.54) is 0 Å². The average Bonchev–Trinajstić information content (AvgIpc) is 2.29. The molecular formula is C14H22ClNO3. The van der Waals surface area contributed by atoms with Gasteiger partial charge in [0, 0.05) is 6.07 Å². The molecule has 1 aromatic carbocycles. The van der Waals surface area contributed by atoms with Gasteiger partial charge in [0.25, 0.3) is 0 Å². The lowest BCUT2D eigenvalue weighted by Gasteiger charge is -2.16. The molecule has 0 unspecified atom stereocenters. The molecule has 0 saturated heterocycles. The summed E-state index contributed by atoms with van der Waals surface area (Å²) in [6.45, 7) is 8.74. The van der Waals surface area contributed by atoms with Crippen LogP contribution < -0.4 is 9.47 Å². The van der Waals surface area contributed by atoms with Crippen molar-refractivity contribution in [3.63, 3.8) is 0 Å². The quantitative estimate of drug-likeness (QED) is 0.642. The van der Waals surface area contributed by atoms with Gasteiger partial charge in [-0.05, 0) is 39.8 Å². The Hall–Kier alpha value is -1.42. The number of rotatable bonds is 6. The molecule has 0 aliphatic heterocycles. The molecule has 0 bridgehead atoms. The van der Waals surface area contributed by atoms with E-state index < -0.39 is 0 Å². The Bertz CT molecular complexity index is 408. The number of hydrogen-bond acceptors (Lipinski definition) is 4. The fourth-order valence-corrected chi connectivity index (χ4v) is 1.52. The predicted octanol–water partition coefficient (Wildman–Crippen LogP) is 3.66. The molecule has 19 heavy (non-hydrogen) atoms. The predicted molar refractivity (Wildman–Crippen MR) is 79.1 cm³/mol. The van der Waals surface area contributed by atoms with E-state index in [9.17, 15) is 0 Å². The first-order chi connectivity index (χ1) is 8.58.